The summed E-state index contributed by atoms with van der Waals surface area (Å²) in [5.74, 6) is 7.42. The lowest BCUT2D eigenvalue weighted by atomic mass is 10.1. The zero-order valence-electron chi connectivity index (χ0n) is 53.7. The van der Waals surface area contributed by atoms with Crippen LogP contribution in [0.2, 0.25) is 0 Å². The molecule has 26 heteroatoms. The van der Waals surface area contributed by atoms with Crippen LogP contribution in [0, 0.1) is 12.3 Å². The topological polar surface area (TPSA) is 315 Å². The lowest BCUT2D eigenvalue weighted by Gasteiger charge is -2.31. The number of nitrogens with zero attached hydrogens (tertiary/aromatic N) is 15. The van der Waals surface area contributed by atoms with Gasteiger partial charge >= 0.3 is 0 Å². The maximum atomic E-state index is 12.2. The summed E-state index contributed by atoms with van der Waals surface area (Å²) in [6.07, 6.45) is 14.6. The van der Waals surface area contributed by atoms with Crippen LogP contribution in [0.4, 0.5) is 17.5 Å². The zero-order chi connectivity index (χ0) is 68.6. The fourth-order valence-corrected chi connectivity index (χ4v) is 13.3. The Kier molecular flexibility index (Phi) is 19.1. The Bertz CT molecular complexity index is 5050. The van der Waals surface area contributed by atoms with Crippen molar-refractivity contribution in [3.63, 3.8) is 0 Å². The third-order valence-electron chi connectivity index (χ3n) is 17.4. The van der Waals surface area contributed by atoms with Gasteiger partial charge in [0.15, 0.2) is 16.9 Å². The Morgan fingerprint density at radius 3 is 1.11 bits per heavy atom. The summed E-state index contributed by atoms with van der Waals surface area (Å²) >= 11 is 0. The normalized spacial score (nSPS) is 15.1. The molecule has 3 aliphatic heterocycles. The average Bonchev–Trinajstić information content (AvgIpc) is 1.63. The van der Waals surface area contributed by atoms with Crippen LogP contribution in [0.25, 0.3) is 66.9 Å². The van der Waals surface area contributed by atoms with Crippen LogP contribution in [-0.4, -0.2) is 133 Å². The number of benzene rings is 6. The number of hydrogen-bond acceptors (Lipinski definition) is 19. The van der Waals surface area contributed by atoms with Crippen molar-refractivity contribution >= 4 is 72.4 Å². The highest BCUT2D eigenvalue weighted by Gasteiger charge is 2.34. The lowest BCUT2D eigenvalue weighted by molar-refractivity contribution is -0.127. The fourth-order valence-electron chi connectivity index (χ4n) is 12.4. The number of piperidine rings is 2. The summed E-state index contributed by atoms with van der Waals surface area (Å²) in [5, 5.41) is 17.7. The van der Waals surface area contributed by atoms with Crippen LogP contribution in [0.5, 0.6) is 34.5 Å². The number of hydrogen-bond donors (Lipinski definition) is 3. The predicted octanol–water partition coefficient (Wildman–Crippen LogP) is 11.5. The Labute approximate surface area is 569 Å². The van der Waals surface area contributed by atoms with Gasteiger partial charge in [-0.15, -0.1) is 6.42 Å². The molecule has 9 heterocycles. The molecule has 2 amide bonds. The minimum Gasteiger partial charge on any atom is -0.457 e. The molecule has 3 saturated heterocycles. The van der Waals surface area contributed by atoms with Crippen LogP contribution < -0.4 is 31.4 Å². The van der Waals surface area contributed by atoms with E-state index in [9.17, 15) is 18.0 Å². The number of rotatable bonds is 15. The molecule has 498 valence electrons. The Balaban J connectivity index is 0.000000133. The highest BCUT2D eigenvalue weighted by atomic mass is 32.2. The first-order chi connectivity index (χ1) is 48.2. The van der Waals surface area contributed by atoms with E-state index in [1.807, 2.05) is 178 Å². The molecule has 0 radical (unpaired) electrons. The number of likely N-dealkylation sites (tertiary alicyclic amines) is 2. The van der Waals surface area contributed by atoms with E-state index in [-0.39, 0.29) is 29.9 Å². The number of terminal acetylenes is 1. The highest BCUT2D eigenvalue weighted by molar-refractivity contribution is 7.92. The van der Waals surface area contributed by atoms with Crippen molar-refractivity contribution in [3.8, 4) is 80.6 Å². The minimum atomic E-state index is -3.49. The molecule has 0 aliphatic carbocycles. The molecule has 12 aromatic rings. The number of ether oxygens (including phenoxy) is 3. The lowest BCUT2D eigenvalue weighted by Crippen LogP contribution is -2.38. The van der Waals surface area contributed by atoms with E-state index in [1.54, 1.807) is 9.58 Å². The van der Waals surface area contributed by atoms with Crippen LogP contribution in [0.1, 0.15) is 50.2 Å². The van der Waals surface area contributed by atoms with Gasteiger partial charge in [0.1, 0.15) is 88.0 Å². The van der Waals surface area contributed by atoms with Gasteiger partial charge in [-0.05, 0) is 153 Å². The average molecular weight is 1340 g/mol. The number of sulfonamides is 1. The number of fused-ring (bicyclic) bond motifs is 3. The molecule has 0 spiro atoms. The van der Waals surface area contributed by atoms with Crippen LogP contribution in [0.15, 0.2) is 207 Å². The van der Waals surface area contributed by atoms with Gasteiger partial charge < -0.3 is 41.2 Å². The molecule has 15 rings (SSSR count). The summed E-state index contributed by atoms with van der Waals surface area (Å²) in [6.45, 7) is 10.1. The van der Waals surface area contributed by atoms with Crippen molar-refractivity contribution in [2.75, 3.05) is 56.5 Å². The standard InChI is InChI=1S/C25H24N6O2.C25H22N6O2.C23H22N6O3S/c2*1-2-21(32)30-14-12-18(13-15-30)31-25-22(24(26)27-16-28-25)23(29-31)17-8-10-20(11-9-17)33-19-6-4-3-5-7-19;1-2-33(30,31)28-13-12-17(14-28)29-23-20(22(24)25-15-26-23)21(27-29)16-8-10-19(11-9-16)32-18-6-4-3-5-7-18/h2-11,16,18H,1,12-15H2,(H2,26,27,28);1,3-11,16,18H,12-15H2,(H2,26,27,28);2-11,15,17H,1,12-14H2,(H2,24,25,26). The first-order valence-electron chi connectivity index (χ1n) is 32.0. The Hall–Kier alpha value is -12.3. The van der Waals surface area contributed by atoms with Gasteiger partial charge in [-0.1, -0.05) is 67.8 Å². The fraction of sp³-hybridized carbons (Fsp3) is 0.192. The first-order valence-corrected chi connectivity index (χ1v) is 33.5. The number of nitrogens with two attached hydrogens (primary N) is 3. The van der Waals surface area contributed by atoms with E-state index in [2.05, 4.69) is 49.0 Å². The van der Waals surface area contributed by atoms with E-state index >= 15 is 0 Å². The van der Waals surface area contributed by atoms with Gasteiger partial charge in [0.2, 0.25) is 15.9 Å². The second-order valence-electron chi connectivity index (χ2n) is 23.5. The largest absolute Gasteiger partial charge is 0.457 e. The number of anilines is 3. The number of nitrogen functional groups attached to an aromatic ring is 3. The third-order valence-corrected chi connectivity index (χ3v) is 18.9. The second kappa shape index (κ2) is 28.9. The number of carbonyl (C=O) groups excluding carboxylic acids is 2. The van der Waals surface area contributed by atoms with E-state index in [0.717, 1.165) is 98.7 Å². The molecular weight excluding hydrogens is 1270 g/mol. The molecule has 6 N–H and O–H groups in total. The van der Waals surface area contributed by atoms with Crippen molar-refractivity contribution in [2.24, 2.45) is 0 Å². The third kappa shape index (κ3) is 14.2. The summed E-state index contributed by atoms with van der Waals surface area (Å²) in [4.78, 5) is 53.2. The van der Waals surface area contributed by atoms with Crippen molar-refractivity contribution < 1.29 is 32.2 Å². The minimum absolute atomic E-state index is 0.0381. The molecule has 0 bridgehead atoms. The van der Waals surface area contributed by atoms with E-state index in [4.69, 9.17) is 53.1 Å². The number of para-hydroxylation sites is 3. The monoisotopic (exact) mass is 1340 g/mol. The summed E-state index contributed by atoms with van der Waals surface area (Å²) < 4.78 is 49.1. The van der Waals surface area contributed by atoms with Gasteiger partial charge in [0.05, 0.1) is 34.3 Å². The molecule has 1 atom stereocenters. The van der Waals surface area contributed by atoms with Crippen molar-refractivity contribution in [3.05, 3.63) is 207 Å². The summed E-state index contributed by atoms with van der Waals surface area (Å²) in [6, 6.07) is 51.8. The number of carbonyl (C=O) groups is 2. The van der Waals surface area contributed by atoms with E-state index in [0.29, 0.717) is 96.9 Å². The van der Waals surface area contributed by atoms with Gasteiger partial charge in [-0.25, -0.2) is 52.4 Å². The SMILES string of the molecule is C#CC(=O)N1CCC(n2nc(-c3ccc(Oc4ccccc4)cc3)c3c(N)ncnc32)CC1.C=CC(=O)N1CCC(n2nc(-c3ccc(Oc4ccccc4)cc3)c3c(N)ncnc32)CC1.C=CS(=O)(=O)N1CCC(n2nc(-c3ccc(Oc4ccccc4)cc3)c3c(N)ncnc32)C1. The molecule has 3 aliphatic rings. The molecule has 6 aromatic heterocycles. The van der Waals surface area contributed by atoms with Crippen LogP contribution >= 0.6 is 0 Å². The molecule has 3 fully saturated rings. The van der Waals surface area contributed by atoms with E-state index in [1.165, 1.54) is 29.4 Å². The van der Waals surface area contributed by atoms with Crippen LogP contribution in [-0.2, 0) is 19.6 Å². The second-order valence-corrected chi connectivity index (χ2v) is 25.4. The van der Waals surface area contributed by atoms with Crippen molar-refractivity contribution in [1.29, 1.82) is 0 Å². The maximum absolute atomic E-state index is 12.2. The molecule has 99 heavy (non-hydrogen) atoms. The molecule has 1 unspecified atom stereocenters. The number of amides is 2. The number of aromatic nitrogens is 12. The summed E-state index contributed by atoms with van der Waals surface area (Å²) in [5.41, 5.74) is 25.4. The quantitative estimate of drug-likeness (QED) is 0.0634. The van der Waals surface area contributed by atoms with Gasteiger partial charge in [0.25, 0.3) is 5.91 Å². The van der Waals surface area contributed by atoms with E-state index < -0.39 is 10.0 Å². The van der Waals surface area contributed by atoms with Crippen LogP contribution in [0.3, 0.4) is 0 Å². The van der Waals surface area contributed by atoms with Gasteiger partial charge in [-0.2, -0.15) is 19.6 Å². The predicted molar refractivity (Wildman–Crippen MR) is 378 cm³/mol. The Morgan fingerprint density at radius 2 is 0.778 bits per heavy atom. The highest BCUT2D eigenvalue weighted by Crippen LogP contribution is 2.40. The van der Waals surface area contributed by atoms with Crippen molar-refractivity contribution in [2.45, 2.75) is 50.2 Å². The van der Waals surface area contributed by atoms with Crippen molar-refractivity contribution in [1.82, 2.24) is 73.4 Å². The smallest absolute Gasteiger partial charge is 0.298 e. The molecular formula is C73H68N18O7S. The maximum Gasteiger partial charge on any atom is 0.298 e. The molecule has 0 saturated carbocycles. The zero-order valence-corrected chi connectivity index (χ0v) is 54.5. The van der Waals surface area contributed by atoms with Gasteiger partial charge in [0, 0.05) is 61.4 Å². The Morgan fingerprint density at radius 1 is 0.455 bits per heavy atom. The van der Waals surface area contributed by atoms with Gasteiger partial charge in [-0.3, -0.25) is 9.59 Å². The molecule has 6 aromatic carbocycles. The first kappa shape index (κ1) is 65.3. The molecule has 25 nitrogen and oxygen atoms in total. The summed E-state index contributed by atoms with van der Waals surface area (Å²) in [7, 11) is -3.49.